The summed E-state index contributed by atoms with van der Waals surface area (Å²) in [5, 5.41) is 11.3. The van der Waals surface area contributed by atoms with E-state index in [-0.39, 0.29) is 37.8 Å². The minimum absolute atomic E-state index is 0.0138. The SMILES string of the molecule is CCOC(=O)C1=c2sc(=Cc3ccc(Cl)c(Cl)c3)c(=O)n2C(N)=C(C#N)C1c1ccc(Cl)c(Cl)c1. The fourth-order valence-electron chi connectivity index (χ4n) is 3.73. The van der Waals surface area contributed by atoms with Crippen molar-refractivity contribution in [3.63, 3.8) is 0 Å². The number of nitriles is 1. The fourth-order valence-corrected chi connectivity index (χ4v) is 5.51. The number of carbonyl (C=O) groups is 1. The highest BCUT2D eigenvalue weighted by Crippen LogP contribution is 2.38. The number of allylic oxidation sites excluding steroid dienone is 1. The number of benzene rings is 2. The minimum atomic E-state index is -0.912. The van der Waals surface area contributed by atoms with E-state index in [1.54, 1.807) is 49.4 Å². The number of hydrogen-bond acceptors (Lipinski definition) is 6. The van der Waals surface area contributed by atoms with E-state index in [0.29, 0.717) is 26.2 Å². The van der Waals surface area contributed by atoms with Crippen LogP contribution in [0.1, 0.15) is 24.0 Å². The van der Waals surface area contributed by atoms with E-state index in [9.17, 15) is 14.9 Å². The lowest BCUT2D eigenvalue weighted by Gasteiger charge is -2.25. The van der Waals surface area contributed by atoms with Crippen LogP contribution in [0.3, 0.4) is 0 Å². The Bertz CT molecular complexity index is 1630. The minimum Gasteiger partial charge on any atom is -0.463 e. The Morgan fingerprint density at radius 3 is 2.40 bits per heavy atom. The van der Waals surface area contributed by atoms with Gasteiger partial charge in [0.15, 0.2) is 0 Å². The molecule has 1 aliphatic rings. The lowest BCUT2D eigenvalue weighted by Crippen LogP contribution is -2.40. The van der Waals surface area contributed by atoms with Gasteiger partial charge in [-0.2, -0.15) is 5.26 Å². The van der Waals surface area contributed by atoms with E-state index in [0.717, 1.165) is 15.9 Å². The van der Waals surface area contributed by atoms with Gasteiger partial charge >= 0.3 is 5.97 Å². The molecule has 178 valence electrons. The number of hydrogen-bond donors (Lipinski definition) is 1. The van der Waals surface area contributed by atoms with Crippen molar-refractivity contribution in [2.24, 2.45) is 5.73 Å². The van der Waals surface area contributed by atoms with E-state index < -0.39 is 17.4 Å². The Hall–Kier alpha value is -2.73. The Balaban J connectivity index is 2.09. The van der Waals surface area contributed by atoms with Crippen LogP contribution in [0.4, 0.5) is 0 Å². The van der Waals surface area contributed by atoms with Gasteiger partial charge in [0.1, 0.15) is 10.5 Å². The molecule has 11 heteroatoms. The number of fused-ring (bicyclic) bond motifs is 1. The molecule has 1 atom stereocenters. The predicted octanol–water partition coefficient (Wildman–Crippen LogP) is 4.51. The first-order valence-corrected chi connectivity index (χ1v) is 12.5. The maximum absolute atomic E-state index is 13.4. The molecule has 0 bridgehead atoms. The van der Waals surface area contributed by atoms with Crippen LogP contribution in [-0.2, 0) is 9.53 Å². The molecule has 2 heterocycles. The molecule has 1 aromatic heterocycles. The van der Waals surface area contributed by atoms with Crippen LogP contribution in [0.15, 0.2) is 46.8 Å². The maximum atomic E-state index is 13.4. The summed E-state index contributed by atoms with van der Waals surface area (Å²) in [5.74, 6) is -1.67. The van der Waals surface area contributed by atoms with Crippen molar-refractivity contribution in [2.75, 3.05) is 6.61 Å². The third-order valence-corrected chi connectivity index (χ3v) is 7.87. The summed E-state index contributed by atoms with van der Waals surface area (Å²) < 4.78 is 7.00. The zero-order valence-corrected chi connectivity index (χ0v) is 21.8. The van der Waals surface area contributed by atoms with Crippen molar-refractivity contribution >= 4 is 81.2 Å². The highest BCUT2D eigenvalue weighted by molar-refractivity contribution is 7.07. The number of thiazole rings is 1. The van der Waals surface area contributed by atoms with Crippen LogP contribution in [0.5, 0.6) is 0 Å². The summed E-state index contributed by atoms with van der Waals surface area (Å²) in [5.41, 5.74) is 7.09. The molecule has 0 fully saturated rings. The Morgan fingerprint density at radius 2 is 1.80 bits per heavy atom. The summed E-state index contributed by atoms with van der Waals surface area (Å²) in [6.07, 6.45) is 1.61. The van der Waals surface area contributed by atoms with Gasteiger partial charge in [0.25, 0.3) is 5.56 Å². The summed E-state index contributed by atoms with van der Waals surface area (Å²) in [4.78, 5) is 26.5. The van der Waals surface area contributed by atoms with Gasteiger partial charge < -0.3 is 10.5 Å². The lowest BCUT2D eigenvalue weighted by molar-refractivity contribution is -0.136. The van der Waals surface area contributed by atoms with Crippen molar-refractivity contribution in [3.05, 3.63) is 92.7 Å². The second kappa shape index (κ2) is 10.1. The molecule has 4 rings (SSSR count). The van der Waals surface area contributed by atoms with E-state index in [1.165, 1.54) is 0 Å². The Labute approximate surface area is 223 Å². The van der Waals surface area contributed by atoms with E-state index in [1.807, 2.05) is 0 Å². The standard InChI is InChI=1S/C24H15Cl4N3O3S/c1-2-34-24(33)20-19(12-4-6-15(26)17(28)9-12)13(10-29)21(30)31-22(32)18(35-23(20)31)8-11-3-5-14(25)16(27)7-11/h3-9,19H,2,30H2,1H3. The van der Waals surface area contributed by atoms with Crippen LogP contribution in [0.2, 0.25) is 20.1 Å². The monoisotopic (exact) mass is 565 g/mol. The molecule has 2 N–H and O–H groups in total. The Kier molecular flexibility index (Phi) is 7.32. The number of nitrogens with zero attached hydrogens (tertiary/aromatic N) is 2. The number of esters is 1. The first-order chi connectivity index (χ1) is 16.7. The summed E-state index contributed by atoms with van der Waals surface area (Å²) in [6.45, 7) is 1.76. The van der Waals surface area contributed by atoms with E-state index >= 15 is 0 Å². The normalized spacial score (nSPS) is 15.7. The van der Waals surface area contributed by atoms with Crippen molar-refractivity contribution < 1.29 is 9.53 Å². The summed E-state index contributed by atoms with van der Waals surface area (Å²) in [7, 11) is 0. The van der Waals surface area contributed by atoms with Gasteiger partial charge in [0, 0.05) is 0 Å². The predicted molar refractivity (Wildman–Crippen MR) is 140 cm³/mol. The van der Waals surface area contributed by atoms with E-state index in [4.69, 9.17) is 56.9 Å². The van der Waals surface area contributed by atoms with Crippen LogP contribution in [0.25, 0.3) is 17.5 Å². The number of nitrogens with two attached hydrogens (primary N) is 1. The van der Waals surface area contributed by atoms with Gasteiger partial charge in [0.05, 0.1) is 54.4 Å². The summed E-state index contributed by atoms with van der Waals surface area (Å²) >= 11 is 25.5. The van der Waals surface area contributed by atoms with Gasteiger partial charge in [-0.15, -0.1) is 11.3 Å². The number of halogens is 4. The quantitative estimate of drug-likeness (QED) is 0.468. The Morgan fingerprint density at radius 1 is 1.14 bits per heavy atom. The molecular weight excluding hydrogens is 552 g/mol. The third-order valence-electron chi connectivity index (χ3n) is 5.28. The number of carbonyl (C=O) groups excluding carboxylic acids is 1. The molecule has 1 unspecified atom stereocenters. The molecule has 1 aliphatic heterocycles. The largest absolute Gasteiger partial charge is 0.463 e. The van der Waals surface area contributed by atoms with Crippen LogP contribution >= 0.6 is 57.7 Å². The van der Waals surface area contributed by atoms with Crippen molar-refractivity contribution in [2.45, 2.75) is 12.8 Å². The fraction of sp³-hybridized carbons (Fsp3) is 0.125. The number of rotatable bonds is 4. The number of ether oxygens (including phenoxy) is 1. The molecule has 0 spiro atoms. The molecule has 0 amide bonds. The average Bonchev–Trinajstić information content (AvgIpc) is 3.14. The molecule has 2 aromatic carbocycles. The molecule has 0 radical (unpaired) electrons. The van der Waals surface area contributed by atoms with Crippen LogP contribution in [0, 0.1) is 11.3 Å². The molecule has 35 heavy (non-hydrogen) atoms. The van der Waals surface area contributed by atoms with Crippen molar-refractivity contribution in [1.82, 2.24) is 4.57 Å². The second-order valence-corrected chi connectivity index (χ2v) is 10.0. The van der Waals surface area contributed by atoms with Crippen LogP contribution in [-0.4, -0.2) is 17.1 Å². The maximum Gasteiger partial charge on any atom is 0.338 e. The molecule has 0 aliphatic carbocycles. The second-order valence-electron chi connectivity index (χ2n) is 7.38. The summed E-state index contributed by atoms with van der Waals surface area (Å²) in [6, 6.07) is 11.7. The van der Waals surface area contributed by atoms with Gasteiger partial charge in [-0.1, -0.05) is 58.5 Å². The lowest BCUT2D eigenvalue weighted by atomic mass is 9.84. The third kappa shape index (κ3) is 4.61. The first-order valence-electron chi connectivity index (χ1n) is 10.1. The van der Waals surface area contributed by atoms with Gasteiger partial charge in [-0.3, -0.25) is 9.36 Å². The smallest absolute Gasteiger partial charge is 0.338 e. The highest BCUT2D eigenvalue weighted by atomic mass is 35.5. The van der Waals surface area contributed by atoms with Gasteiger partial charge in [-0.05, 0) is 48.4 Å². The average molecular weight is 567 g/mol. The molecule has 0 saturated heterocycles. The zero-order chi connectivity index (χ0) is 25.4. The van der Waals surface area contributed by atoms with Crippen LogP contribution < -0.4 is 20.5 Å². The molecule has 6 nitrogen and oxygen atoms in total. The molecule has 0 saturated carbocycles. The molecular formula is C24H15Cl4N3O3S. The molecule has 3 aromatic rings. The zero-order valence-electron chi connectivity index (χ0n) is 17.9. The van der Waals surface area contributed by atoms with Gasteiger partial charge in [0.2, 0.25) is 0 Å². The van der Waals surface area contributed by atoms with Gasteiger partial charge in [-0.25, -0.2) is 4.79 Å². The van der Waals surface area contributed by atoms with Crippen molar-refractivity contribution in [1.29, 1.82) is 5.26 Å². The van der Waals surface area contributed by atoms with Crippen molar-refractivity contribution in [3.8, 4) is 6.07 Å². The topological polar surface area (TPSA) is 98.1 Å². The highest BCUT2D eigenvalue weighted by Gasteiger charge is 2.36. The first kappa shape index (κ1) is 25.4. The number of aromatic nitrogens is 1. The van der Waals surface area contributed by atoms with E-state index in [2.05, 4.69) is 6.07 Å².